The van der Waals surface area contributed by atoms with E-state index in [1.165, 1.54) is 0 Å². The van der Waals surface area contributed by atoms with Crippen molar-refractivity contribution in [1.29, 1.82) is 0 Å². The van der Waals surface area contributed by atoms with Crippen molar-refractivity contribution in [1.82, 2.24) is 14.8 Å². The van der Waals surface area contributed by atoms with Gasteiger partial charge in [-0.3, -0.25) is 9.67 Å². The summed E-state index contributed by atoms with van der Waals surface area (Å²) in [6, 6.07) is 21.4. The molecule has 2 aromatic heterocycles. The van der Waals surface area contributed by atoms with Gasteiger partial charge in [-0.1, -0.05) is 36.4 Å². The number of carbonyl (C=O) groups excluding carboxylic acids is 1. The van der Waals surface area contributed by atoms with Crippen molar-refractivity contribution in [3.05, 3.63) is 84.2 Å². The lowest BCUT2D eigenvalue weighted by atomic mass is 10.1. The van der Waals surface area contributed by atoms with Gasteiger partial charge in [0.05, 0.1) is 29.9 Å². The van der Waals surface area contributed by atoms with Gasteiger partial charge in [0, 0.05) is 17.1 Å². The largest absolute Gasteiger partial charge is 0.462 e. The summed E-state index contributed by atoms with van der Waals surface area (Å²) in [5, 5.41) is 5.89. The highest BCUT2D eigenvalue weighted by Crippen LogP contribution is 2.28. The van der Waals surface area contributed by atoms with Gasteiger partial charge >= 0.3 is 5.97 Å². The molecule has 2 aromatic carbocycles. The molecule has 27 heavy (non-hydrogen) atoms. The molecule has 0 radical (unpaired) electrons. The minimum atomic E-state index is -0.311. The number of hydrogen-bond donors (Lipinski definition) is 0. The van der Waals surface area contributed by atoms with Crippen LogP contribution in [0.2, 0.25) is 0 Å². The summed E-state index contributed by atoms with van der Waals surface area (Å²) >= 11 is 0. The fraction of sp³-hybridized carbons (Fsp3) is 0.136. The number of fused-ring (bicyclic) bond motifs is 1. The summed E-state index contributed by atoms with van der Waals surface area (Å²) in [6.45, 7) is 2.76. The van der Waals surface area contributed by atoms with Crippen LogP contribution in [-0.4, -0.2) is 27.3 Å². The monoisotopic (exact) mass is 357 g/mol. The molecule has 0 amide bonds. The average molecular weight is 357 g/mol. The fourth-order valence-electron chi connectivity index (χ4n) is 3.08. The van der Waals surface area contributed by atoms with E-state index in [1.807, 2.05) is 47.1 Å². The topological polar surface area (TPSA) is 57.0 Å². The summed E-state index contributed by atoms with van der Waals surface area (Å²) in [5.74, 6) is -0.311. The number of benzene rings is 2. The molecule has 0 fully saturated rings. The smallest absolute Gasteiger partial charge is 0.338 e. The van der Waals surface area contributed by atoms with Gasteiger partial charge < -0.3 is 4.74 Å². The van der Waals surface area contributed by atoms with Crippen molar-refractivity contribution in [2.45, 2.75) is 13.5 Å². The van der Waals surface area contributed by atoms with Crippen LogP contribution >= 0.6 is 0 Å². The second-order valence-electron chi connectivity index (χ2n) is 6.14. The van der Waals surface area contributed by atoms with Gasteiger partial charge in [0.25, 0.3) is 0 Å². The van der Waals surface area contributed by atoms with Crippen LogP contribution in [0.1, 0.15) is 23.0 Å². The van der Waals surface area contributed by atoms with E-state index in [1.54, 1.807) is 25.3 Å². The van der Waals surface area contributed by atoms with E-state index >= 15 is 0 Å². The molecule has 4 rings (SSSR count). The highest BCUT2D eigenvalue weighted by molar-refractivity contribution is 5.94. The Hall–Kier alpha value is -3.47. The van der Waals surface area contributed by atoms with E-state index < -0.39 is 0 Å². The van der Waals surface area contributed by atoms with Gasteiger partial charge in [-0.25, -0.2) is 4.79 Å². The highest BCUT2D eigenvalue weighted by atomic mass is 16.5. The SMILES string of the molecule is CCOC(=O)c1ccc(-c2nn(Cc3ccccn3)c3ccccc23)cc1. The van der Waals surface area contributed by atoms with Crippen molar-refractivity contribution < 1.29 is 9.53 Å². The van der Waals surface area contributed by atoms with Gasteiger partial charge in [0.1, 0.15) is 5.69 Å². The Kier molecular flexibility index (Phi) is 4.66. The standard InChI is InChI=1S/C22H19N3O2/c1-2-27-22(26)17-12-10-16(11-13-17)21-19-8-3-4-9-20(19)25(24-21)15-18-7-5-6-14-23-18/h3-14H,2,15H2,1H3. The van der Waals surface area contributed by atoms with E-state index in [0.717, 1.165) is 27.9 Å². The van der Waals surface area contributed by atoms with Gasteiger partial charge in [-0.15, -0.1) is 0 Å². The molecule has 0 atom stereocenters. The van der Waals surface area contributed by atoms with Gasteiger partial charge in [-0.05, 0) is 37.3 Å². The van der Waals surface area contributed by atoms with Crippen LogP contribution in [0.4, 0.5) is 0 Å². The maximum atomic E-state index is 11.9. The number of carbonyl (C=O) groups is 1. The number of esters is 1. The fourth-order valence-corrected chi connectivity index (χ4v) is 3.08. The number of aromatic nitrogens is 3. The number of nitrogens with zero attached hydrogens (tertiary/aromatic N) is 3. The Morgan fingerprint density at radius 1 is 1.00 bits per heavy atom. The molecular weight excluding hydrogens is 338 g/mol. The van der Waals surface area contributed by atoms with Crippen molar-refractivity contribution in [2.24, 2.45) is 0 Å². The second kappa shape index (κ2) is 7.41. The van der Waals surface area contributed by atoms with Crippen LogP contribution in [0.25, 0.3) is 22.2 Å². The molecule has 2 heterocycles. The van der Waals surface area contributed by atoms with Crippen LogP contribution in [0.3, 0.4) is 0 Å². The molecule has 5 heteroatoms. The van der Waals surface area contributed by atoms with E-state index in [-0.39, 0.29) is 5.97 Å². The maximum absolute atomic E-state index is 11.9. The molecule has 0 N–H and O–H groups in total. The van der Waals surface area contributed by atoms with Crippen LogP contribution < -0.4 is 0 Å². The minimum Gasteiger partial charge on any atom is -0.462 e. The molecule has 0 aliphatic carbocycles. The van der Waals surface area contributed by atoms with Crippen LogP contribution in [-0.2, 0) is 11.3 Å². The molecule has 0 aliphatic rings. The Balaban J connectivity index is 1.73. The van der Waals surface area contributed by atoms with Gasteiger partial charge in [-0.2, -0.15) is 5.10 Å². The molecule has 0 saturated carbocycles. The Bertz CT molecular complexity index is 1070. The Morgan fingerprint density at radius 3 is 2.52 bits per heavy atom. The maximum Gasteiger partial charge on any atom is 0.338 e. The number of ether oxygens (including phenoxy) is 1. The van der Waals surface area contributed by atoms with E-state index in [4.69, 9.17) is 9.84 Å². The first-order valence-corrected chi connectivity index (χ1v) is 8.89. The second-order valence-corrected chi connectivity index (χ2v) is 6.14. The van der Waals surface area contributed by atoms with Crippen LogP contribution in [0.5, 0.6) is 0 Å². The molecule has 4 aromatic rings. The molecule has 134 valence electrons. The number of para-hydroxylation sites is 1. The number of rotatable bonds is 5. The number of hydrogen-bond acceptors (Lipinski definition) is 4. The lowest BCUT2D eigenvalue weighted by Gasteiger charge is -2.03. The minimum absolute atomic E-state index is 0.311. The summed E-state index contributed by atoms with van der Waals surface area (Å²) < 4.78 is 7.01. The molecule has 0 aliphatic heterocycles. The summed E-state index contributed by atoms with van der Waals surface area (Å²) in [7, 11) is 0. The molecular formula is C22H19N3O2. The summed E-state index contributed by atoms with van der Waals surface area (Å²) in [5.41, 5.74) is 4.39. The first-order chi connectivity index (χ1) is 13.3. The predicted molar refractivity (Wildman–Crippen MR) is 104 cm³/mol. The summed E-state index contributed by atoms with van der Waals surface area (Å²) in [6.07, 6.45) is 1.79. The Labute approximate surface area is 157 Å². The number of pyridine rings is 1. The van der Waals surface area contributed by atoms with E-state index in [0.29, 0.717) is 18.7 Å². The van der Waals surface area contributed by atoms with Gasteiger partial charge in [0.15, 0.2) is 0 Å². The first kappa shape index (κ1) is 17.0. The van der Waals surface area contributed by atoms with Gasteiger partial charge in [0.2, 0.25) is 0 Å². The molecule has 0 saturated heterocycles. The molecule has 0 spiro atoms. The lowest BCUT2D eigenvalue weighted by Crippen LogP contribution is -2.04. The third-order valence-electron chi connectivity index (χ3n) is 4.37. The zero-order chi connectivity index (χ0) is 18.6. The quantitative estimate of drug-likeness (QED) is 0.499. The van der Waals surface area contributed by atoms with Crippen LogP contribution in [0, 0.1) is 0 Å². The van der Waals surface area contributed by atoms with Crippen molar-refractivity contribution in [2.75, 3.05) is 6.61 Å². The summed E-state index contributed by atoms with van der Waals surface area (Å²) in [4.78, 5) is 16.3. The first-order valence-electron chi connectivity index (χ1n) is 8.89. The van der Waals surface area contributed by atoms with E-state index in [2.05, 4.69) is 17.1 Å². The van der Waals surface area contributed by atoms with Crippen LogP contribution in [0.15, 0.2) is 72.9 Å². The molecule has 0 bridgehead atoms. The normalized spacial score (nSPS) is 10.9. The zero-order valence-corrected chi connectivity index (χ0v) is 15.0. The zero-order valence-electron chi connectivity index (χ0n) is 15.0. The lowest BCUT2D eigenvalue weighted by molar-refractivity contribution is 0.0526. The van der Waals surface area contributed by atoms with Crippen molar-refractivity contribution >= 4 is 16.9 Å². The predicted octanol–water partition coefficient (Wildman–Crippen LogP) is 4.32. The van der Waals surface area contributed by atoms with Crippen molar-refractivity contribution in [3.8, 4) is 11.3 Å². The average Bonchev–Trinajstić information content (AvgIpc) is 3.08. The van der Waals surface area contributed by atoms with E-state index in [9.17, 15) is 4.79 Å². The third-order valence-corrected chi connectivity index (χ3v) is 4.37. The molecule has 5 nitrogen and oxygen atoms in total. The third kappa shape index (κ3) is 3.44. The Morgan fingerprint density at radius 2 is 1.78 bits per heavy atom. The van der Waals surface area contributed by atoms with Crippen molar-refractivity contribution in [3.63, 3.8) is 0 Å². The highest BCUT2D eigenvalue weighted by Gasteiger charge is 2.13. The molecule has 0 unspecified atom stereocenters.